The van der Waals surface area contributed by atoms with Crippen molar-refractivity contribution >= 4 is 5.91 Å². The molecule has 150 valence electrons. The zero-order chi connectivity index (χ0) is 20.2. The molecule has 0 radical (unpaired) electrons. The van der Waals surface area contributed by atoms with Crippen molar-refractivity contribution < 1.29 is 13.9 Å². The van der Waals surface area contributed by atoms with Crippen LogP contribution < -0.4 is 4.74 Å². The number of piperidine rings is 1. The van der Waals surface area contributed by atoms with Gasteiger partial charge in [0.05, 0.1) is 11.9 Å². The summed E-state index contributed by atoms with van der Waals surface area (Å²) in [6.07, 6.45) is 6.64. The Morgan fingerprint density at radius 1 is 1.24 bits per heavy atom. The highest BCUT2D eigenvalue weighted by Gasteiger charge is 2.26. The van der Waals surface area contributed by atoms with Crippen LogP contribution in [-0.2, 0) is 6.54 Å². The molecule has 1 aliphatic rings. The molecule has 8 heteroatoms. The molecule has 1 aliphatic heterocycles. The third kappa shape index (κ3) is 4.42. The van der Waals surface area contributed by atoms with Crippen LogP contribution in [0.2, 0.25) is 0 Å². The summed E-state index contributed by atoms with van der Waals surface area (Å²) in [4.78, 5) is 23.2. The summed E-state index contributed by atoms with van der Waals surface area (Å²) in [5, 5.41) is 4.30. The first-order valence-corrected chi connectivity index (χ1v) is 9.70. The summed E-state index contributed by atoms with van der Waals surface area (Å²) < 4.78 is 20.7. The van der Waals surface area contributed by atoms with Crippen LogP contribution in [0.4, 0.5) is 4.39 Å². The predicted molar refractivity (Wildman–Crippen MR) is 104 cm³/mol. The van der Waals surface area contributed by atoms with Crippen LogP contribution in [0, 0.1) is 5.82 Å². The lowest BCUT2D eigenvalue weighted by molar-refractivity contribution is 0.0705. The van der Waals surface area contributed by atoms with Gasteiger partial charge < -0.3 is 9.64 Å². The van der Waals surface area contributed by atoms with Gasteiger partial charge in [0.2, 0.25) is 5.88 Å². The lowest BCUT2D eigenvalue weighted by atomic mass is 9.93. The van der Waals surface area contributed by atoms with E-state index in [0.29, 0.717) is 30.4 Å². The Hall–Kier alpha value is -3.29. The van der Waals surface area contributed by atoms with Gasteiger partial charge in [-0.15, -0.1) is 0 Å². The van der Waals surface area contributed by atoms with E-state index in [2.05, 4.69) is 15.1 Å². The molecule has 1 fully saturated rings. The second kappa shape index (κ2) is 8.38. The topological polar surface area (TPSA) is 73.1 Å². The number of benzene rings is 1. The van der Waals surface area contributed by atoms with Crippen LogP contribution in [0.3, 0.4) is 0 Å². The number of amides is 1. The summed E-state index contributed by atoms with van der Waals surface area (Å²) in [5.74, 6) is 0.494. The van der Waals surface area contributed by atoms with E-state index in [1.54, 1.807) is 29.1 Å². The molecule has 4 rings (SSSR count). The van der Waals surface area contributed by atoms with E-state index in [1.807, 2.05) is 18.0 Å². The fraction of sp³-hybridized carbons (Fsp3) is 0.333. The van der Waals surface area contributed by atoms with E-state index in [-0.39, 0.29) is 17.6 Å². The molecule has 3 heterocycles. The van der Waals surface area contributed by atoms with Crippen LogP contribution in [0.25, 0.3) is 0 Å². The number of hydrogen-bond donors (Lipinski definition) is 0. The molecule has 0 aliphatic carbocycles. The smallest absolute Gasteiger partial charge is 0.274 e. The summed E-state index contributed by atoms with van der Waals surface area (Å²) in [5.41, 5.74) is 1.30. The Balaban J connectivity index is 1.39. The number of hydrogen-bond acceptors (Lipinski definition) is 5. The Morgan fingerprint density at radius 2 is 2.07 bits per heavy atom. The zero-order valence-corrected chi connectivity index (χ0v) is 16.2. The van der Waals surface area contributed by atoms with E-state index in [9.17, 15) is 9.18 Å². The first-order chi connectivity index (χ1) is 14.1. The average Bonchev–Trinajstić information content (AvgIpc) is 3.23. The van der Waals surface area contributed by atoms with Crippen molar-refractivity contribution in [2.45, 2.75) is 32.2 Å². The molecule has 0 saturated carbocycles. The maximum absolute atomic E-state index is 13.3. The molecule has 1 amide bonds. The normalized spacial score (nSPS) is 14.8. The Labute approximate surface area is 168 Å². The highest BCUT2D eigenvalue weighted by atomic mass is 19.1. The number of likely N-dealkylation sites (tertiary alicyclic amines) is 1. The SMILES string of the molecule is CCn1ccc(C(=O)N2CCC(c3cncc(Oc4cccc(F)c4)n3)CC2)n1. The Morgan fingerprint density at radius 3 is 2.79 bits per heavy atom. The van der Waals surface area contributed by atoms with Gasteiger partial charge in [0.1, 0.15) is 17.3 Å². The zero-order valence-electron chi connectivity index (χ0n) is 16.2. The fourth-order valence-corrected chi connectivity index (χ4v) is 3.45. The summed E-state index contributed by atoms with van der Waals surface area (Å²) in [7, 11) is 0. The summed E-state index contributed by atoms with van der Waals surface area (Å²) in [6, 6.07) is 7.67. The van der Waals surface area contributed by atoms with Crippen molar-refractivity contribution in [3.8, 4) is 11.6 Å². The maximum Gasteiger partial charge on any atom is 0.274 e. The van der Waals surface area contributed by atoms with Crippen molar-refractivity contribution in [3.05, 3.63) is 66.1 Å². The number of carbonyl (C=O) groups excluding carboxylic acids is 1. The fourth-order valence-electron chi connectivity index (χ4n) is 3.45. The Bertz CT molecular complexity index is 998. The molecule has 3 aromatic rings. The number of rotatable bonds is 5. The van der Waals surface area contributed by atoms with Crippen LogP contribution in [0.1, 0.15) is 41.9 Å². The quantitative estimate of drug-likeness (QED) is 0.659. The van der Waals surface area contributed by atoms with Gasteiger partial charge in [-0.3, -0.25) is 14.5 Å². The molecule has 0 bridgehead atoms. The van der Waals surface area contributed by atoms with Crippen LogP contribution in [0.5, 0.6) is 11.6 Å². The standard InChI is InChI=1S/C21H22FN5O2/c1-2-27-11-8-18(25-27)21(28)26-9-6-15(7-10-26)19-13-23-14-20(24-19)29-17-5-3-4-16(22)12-17/h3-5,8,11-15H,2,6-7,9-10H2,1H3. The Kier molecular flexibility index (Phi) is 5.50. The number of halogens is 1. The first kappa shape index (κ1) is 19.0. The number of nitrogens with zero attached hydrogens (tertiary/aromatic N) is 5. The van der Waals surface area contributed by atoms with Crippen molar-refractivity contribution in [1.29, 1.82) is 0 Å². The lowest BCUT2D eigenvalue weighted by Gasteiger charge is -2.31. The lowest BCUT2D eigenvalue weighted by Crippen LogP contribution is -2.38. The molecular formula is C21H22FN5O2. The highest BCUT2D eigenvalue weighted by molar-refractivity contribution is 5.92. The van der Waals surface area contributed by atoms with Crippen LogP contribution in [-0.4, -0.2) is 43.6 Å². The van der Waals surface area contributed by atoms with E-state index >= 15 is 0 Å². The predicted octanol–water partition coefficient (Wildman–Crippen LogP) is 3.64. The van der Waals surface area contributed by atoms with Gasteiger partial charge in [-0.1, -0.05) is 6.07 Å². The molecule has 1 saturated heterocycles. The van der Waals surface area contributed by atoms with E-state index < -0.39 is 0 Å². The number of ether oxygens (including phenoxy) is 1. The maximum atomic E-state index is 13.3. The molecule has 0 unspecified atom stereocenters. The highest BCUT2D eigenvalue weighted by Crippen LogP contribution is 2.29. The minimum Gasteiger partial charge on any atom is -0.437 e. The largest absolute Gasteiger partial charge is 0.437 e. The second-order valence-electron chi connectivity index (χ2n) is 6.96. The second-order valence-corrected chi connectivity index (χ2v) is 6.96. The van der Waals surface area contributed by atoms with Gasteiger partial charge in [0.25, 0.3) is 5.91 Å². The average molecular weight is 395 g/mol. The van der Waals surface area contributed by atoms with Crippen LogP contribution in [0.15, 0.2) is 48.9 Å². The van der Waals surface area contributed by atoms with Gasteiger partial charge in [0, 0.05) is 44.0 Å². The molecule has 0 atom stereocenters. The number of aryl methyl sites for hydroxylation is 1. The molecule has 0 N–H and O–H groups in total. The van der Waals surface area contributed by atoms with Crippen molar-refractivity contribution in [3.63, 3.8) is 0 Å². The van der Waals surface area contributed by atoms with Gasteiger partial charge in [-0.2, -0.15) is 5.10 Å². The van der Waals surface area contributed by atoms with E-state index in [0.717, 1.165) is 25.1 Å². The van der Waals surface area contributed by atoms with E-state index in [4.69, 9.17) is 4.74 Å². The van der Waals surface area contributed by atoms with Gasteiger partial charge >= 0.3 is 0 Å². The van der Waals surface area contributed by atoms with Crippen molar-refractivity contribution in [2.75, 3.05) is 13.1 Å². The summed E-state index contributed by atoms with van der Waals surface area (Å²) >= 11 is 0. The molecule has 0 spiro atoms. The third-order valence-corrected chi connectivity index (χ3v) is 5.03. The minimum absolute atomic E-state index is 0.0371. The van der Waals surface area contributed by atoms with Gasteiger partial charge in [-0.25, -0.2) is 9.37 Å². The van der Waals surface area contributed by atoms with Crippen molar-refractivity contribution in [2.24, 2.45) is 0 Å². The molecule has 1 aromatic carbocycles. The molecular weight excluding hydrogens is 373 g/mol. The van der Waals surface area contributed by atoms with Crippen molar-refractivity contribution in [1.82, 2.24) is 24.6 Å². The monoisotopic (exact) mass is 395 g/mol. The number of aromatic nitrogens is 4. The minimum atomic E-state index is -0.368. The van der Waals surface area contributed by atoms with Gasteiger partial charge in [-0.05, 0) is 38.0 Å². The van der Waals surface area contributed by atoms with Crippen LogP contribution >= 0.6 is 0 Å². The first-order valence-electron chi connectivity index (χ1n) is 9.70. The third-order valence-electron chi connectivity index (χ3n) is 5.03. The van der Waals surface area contributed by atoms with E-state index in [1.165, 1.54) is 18.3 Å². The molecule has 2 aromatic heterocycles. The summed E-state index contributed by atoms with van der Waals surface area (Å²) in [6.45, 7) is 4.00. The van der Waals surface area contributed by atoms with Gasteiger partial charge in [0.15, 0.2) is 0 Å². The molecule has 29 heavy (non-hydrogen) atoms. The molecule has 7 nitrogen and oxygen atoms in total. The number of carbonyl (C=O) groups is 1.